The number of amides is 1. The first-order valence-electron chi connectivity index (χ1n) is 6.11. The van der Waals surface area contributed by atoms with Gasteiger partial charge < -0.3 is 4.90 Å². The summed E-state index contributed by atoms with van der Waals surface area (Å²) in [7, 11) is 0. The molecule has 0 atom stereocenters. The van der Waals surface area contributed by atoms with E-state index in [1.165, 1.54) is 11.1 Å². The van der Waals surface area contributed by atoms with Crippen molar-refractivity contribution in [1.29, 1.82) is 0 Å². The number of benzene rings is 1. The molecular formula is C14H20BrNO. The number of halogens is 1. The van der Waals surface area contributed by atoms with Crippen molar-refractivity contribution >= 4 is 21.8 Å². The van der Waals surface area contributed by atoms with Crippen LogP contribution in [0.2, 0.25) is 0 Å². The summed E-state index contributed by atoms with van der Waals surface area (Å²) in [6.07, 6.45) is 1.42. The third-order valence-electron chi connectivity index (χ3n) is 3.04. The number of rotatable bonds is 5. The van der Waals surface area contributed by atoms with Crippen molar-refractivity contribution in [2.45, 2.75) is 33.6 Å². The monoisotopic (exact) mass is 297 g/mol. The van der Waals surface area contributed by atoms with E-state index in [1.54, 1.807) is 0 Å². The normalized spacial score (nSPS) is 10.4. The topological polar surface area (TPSA) is 20.3 Å². The van der Waals surface area contributed by atoms with E-state index in [1.807, 2.05) is 24.8 Å². The molecule has 1 rings (SSSR count). The van der Waals surface area contributed by atoms with Crippen LogP contribution < -0.4 is 0 Å². The zero-order valence-corrected chi connectivity index (χ0v) is 12.4. The number of carbonyl (C=O) groups excluding carboxylic acids is 1. The average molecular weight is 298 g/mol. The van der Waals surface area contributed by atoms with Gasteiger partial charge >= 0.3 is 0 Å². The third-order valence-corrected chi connectivity index (χ3v) is 3.53. The highest BCUT2D eigenvalue weighted by atomic mass is 79.9. The molecule has 0 saturated heterocycles. The number of carbonyl (C=O) groups is 1. The van der Waals surface area contributed by atoms with Crippen LogP contribution in [0.25, 0.3) is 0 Å². The fourth-order valence-electron chi connectivity index (χ4n) is 1.89. The average Bonchev–Trinajstić information content (AvgIpc) is 2.32. The Morgan fingerprint density at radius 3 is 2.53 bits per heavy atom. The van der Waals surface area contributed by atoms with Crippen LogP contribution in [0.4, 0.5) is 0 Å². The molecule has 0 bridgehead atoms. The van der Waals surface area contributed by atoms with E-state index >= 15 is 0 Å². The van der Waals surface area contributed by atoms with E-state index in [0.717, 1.165) is 24.0 Å². The molecule has 0 radical (unpaired) electrons. The summed E-state index contributed by atoms with van der Waals surface area (Å²) in [5, 5.41) is 0. The fraction of sp³-hybridized carbons (Fsp3) is 0.500. The van der Waals surface area contributed by atoms with E-state index in [0.29, 0.717) is 6.42 Å². The van der Waals surface area contributed by atoms with E-state index in [4.69, 9.17) is 0 Å². The van der Waals surface area contributed by atoms with Crippen molar-refractivity contribution in [3.8, 4) is 0 Å². The van der Waals surface area contributed by atoms with E-state index < -0.39 is 0 Å². The summed E-state index contributed by atoms with van der Waals surface area (Å²) in [4.78, 5) is 13.8. The van der Waals surface area contributed by atoms with Gasteiger partial charge in [-0.25, -0.2) is 0 Å². The first-order chi connectivity index (χ1) is 8.08. The van der Waals surface area contributed by atoms with Gasteiger partial charge in [0.2, 0.25) is 5.91 Å². The van der Waals surface area contributed by atoms with Crippen LogP contribution in [0.1, 0.15) is 31.4 Å². The molecule has 0 saturated carbocycles. The van der Waals surface area contributed by atoms with E-state index in [9.17, 15) is 4.79 Å². The van der Waals surface area contributed by atoms with Gasteiger partial charge in [-0.1, -0.05) is 22.0 Å². The van der Waals surface area contributed by atoms with Crippen LogP contribution in [0.15, 0.2) is 22.7 Å². The number of hydrogen-bond acceptors (Lipinski definition) is 1. The predicted molar refractivity (Wildman–Crippen MR) is 75.1 cm³/mol. The maximum Gasteiger partial charge on any atom is 0.222 e. The molecule has 0 unspecified atom stereocenters. The Labute approximate surface area is 112 Å². The highest BCUT2D eigenvalue weighted by molar-refractivity contribution is 9.10. The maximum absolute atomic E-state index is 11.9. The van der Waals surface area contributed by atoms with Crippen LogP contribution in [0, 0.1) is 6.92 Å². The highest BCUT2D eigenvalue weighted by Gasteiger charge is 2.10. The first kappa shape index (κ1) is 14.2. The van der Waals surface area contributed by atoms with Crippen molar-refractivity contribution in [1.82, 2.24) is 4.90 Å². The smallest absolute Gasteiger partial charge is 0.222 e. The van der Waals surface area contributed by atoms with Crippen LogP contribution in [-0.2, 0) is 11.2 Å². The van der Waals surface area contributed by atoms with Crippen molar-refractivity contribution < 1.29 is 4.79 Å². The molecule has 1 amide bonds. The van der Waals surface area contributed by atoms with Crippen LogP contribution in [-0.4, -0.2) is 23.9 Å². The molecule has 0 spiro atoms. The zero-order chi connectivity index (χ0) is 12.8. The first-order valence-corrected chi connectivity index (χ1v) is 6.90. The molecule has 0 aliphatic rings. The molecule has 0 aliphatic carbocycles. The Hall–Kier alpha value is -0.830. The Morgan fingerprint density at radius 2 is 1.94 bits per heavy atom. The second-order valence-corrected chi connectivity index (χ2v) is 5.05. The molecule has 0 fully saturated rings. The molecular weight excluding hydrogens is 278 g/mol. The minimum Gasteiger partial charge on any atom is -0.343 e. The highest BCUT2D eigenvalue weighted by Crippen LogP contribution is 2.17. The molecule has 3 heteroatoms. The number of nitrogens with zero attached hydrogens (tertiary/aromatic N) is 1. The number of hydrogen-bond donors (Lipinski definition) is 0. The Kier molecular flexibility index (Phi) is 5.69. The molecule has 0 aromatic heterocycles. The summed E-state index contributed by atoms with van der Waals surface area (Å²) in [6, 6.07) is 6.22. The van der Waals surface area contributed by atoms with Crippen molar-refractivity contribution in [3.05, 3.63) is 33.8 Å². The predicted octanol–water partition coefficient (Wildman–Crippen LogP) is 3.56. The van der Waals surface area contributed by atoms with Gasteiger partial charge in [0, 0.05) is 24.0 Å². The minimum absolute atomic E-state index is 0.245. The zero-order valence-electron chi connectivity index (χ0n) is 10.8. The molecule has 17 heavy (non-hydrogen) atoms. The second-order valence-electron chi connectivity index (χ2n) is 4.14. The van der Waals surface area contributed by atoms with Gasteiger partial charge in [0.25, 0.3) is 0 Å². The van der Waals surface area contributed by atoms with Crippen LogP contribution in [0.3, 0.4) is 0 Å². The summed E-state index contributed by atoms with van der Waals surface area (Å²) >= 11 is 3.46. The van der Waals surface area contributed by atoms with Gasteiger partial charge in [-0.2, -0.15) is 0 Å². The van der Waals surface area contributed by atoms with E-state index in [2.05, 4.69) is 35.0 Å². The van der Waals surface area contributed by atoms with Crippen molar-refractivity contribution in [2.24, 2.45) is 0 Å². The Balaban J connectivity index is 2.61. The standard InChI is InChI=1S/C14H20BrNO/c1-4-16(5-2)14(17)9-7-12-10-13(15)8-6-11(12)3/h6,8,10H,4-5,7,9H2,1-3H3. The molecule has 1 aromatic rings. The summed E-state index contributed by atoms with van der Waals surface area (Å²) in [5.41, 5.74) is 2.50. The SMILES string of the molecule is CCN(CC)C(=O)CCc1cc(Br)ccc1C. The third kappa shape index (κ3) is 4.15. The van der Waals surface area contributed by atoms with Gasteiger partial charge in [-0.05, 0) is 50.5 Å². The van der Waals surface area contributed by atoms with Crippen molar-refractivity contribution in [3.63, 3.8) is 0 Å². The van der Waals surface area contributed by atoms with E-state index in [-0.39, 0.29) is 5.91 Å². The van der Waals surface area contributed by atoms with Crippen molar-refractivity contribution in [2.75, 3.05) is 13.1 Å². The number of aryl methyl sites for hydroxylation is 2. The van der Waals surface area contributed by atoms with Gasteiger partial charge in [-0.15, -0.1) is 0 Å². The lowest BCUT2D eigenvalue weighted by Crippen LogP contribution is -2.30. The summed E-state index contributed by atoms with van der Waals surface area (Å²) in [5.74, 6) is 0.245. The quantitative estimate of drug-likeness (QED) is 0.814. The van der Waals surface area contributed by atoms with Crippen LogP contribution >= 0.6 is 15.9 Å². The Morgan fingerprint density at radius 1 is 1.29 bits per heavy atom. The van der Waals surface area contributed by atoms with Crippen LogP contribution in [0.5, 0.6) is 0 Å². The lowest BCUT2D eigenvalue weighted by molar-refractivity contribution is -0.130. The lowest BCUT2D eigenvalue weighted by atomic mass is 10.0. The summed E-state index contributed by atoms with van der Waals surface area (Å²) < 4.78 is 1.08. The maximum atomic E-state index is 11.9. The molecule has 0 N–H and O–H groups in total. The van der Waals surface area contributed by atoms with Gasteiger partial charge in [0.1, 0.15) is 0 Å². The minimum atomic E-state index is 0.245. The fourth-order valence-corrected chi connectivity index (χ4v) is 2.29. The molecule has 1 aromatic carbocycles. The largest absolute Gasteiger partial charge is 0.343 e. The molecule has 2 nitrogen and oxygen atoms in total. The lowest BCUT2D eigenvalue weighted by Gasteiger charge is -2.18. The molecule has 94 valence electrons. The van der Waals surface area contributed by atoms with Gasteiger partial charge in [0.15, 0.2) is 0 Å². The molecule has 0 aliphatic heterocycles. The summed E-state index contributed by atoms with van der Waals surface area (Å²) in [6.45, 7) is 7.72. The Bertz CT molecular complexity index is 386. The second kappa shape index (κ2) is 6.80. The van der Waals surface area contributed by atoms with Gasteiger partial charge in [0.05, 0.1) is 0 Å². The molecule has 0 heterocycles. The van der Waals surface area contributed by atoms with Gasteiger partial charge in [-0.3, -0.25) is 4.79 Å².